The summed E-state index contributed by atoms with van der Waals surface area (Å²) >= 11 is 11.8. The van der Waals surface area contributed by atoms with E-state index in [0.29, 0.717) is 16.4 Å². The Morgan fingerprint density at radius 2 is 1.50 bits per heavy atom. The van der Waals surface area contributed by atoms with Crippen molar-refractivity contribution in [2.24, 2.45) is 5.10 Å². The van der Waals surface area contributed by atoms with Crippen molar-refractivity contribution in [3.63, 3.8) is 0 Å². The van der Waals surface area contributed by atoms with Crippen LogP contribution in [0.5, 0.6) is 0 Å². The van der Waals surface area contributed by atoms with Crippen LogP contribution in [-0.2, 0) is 42.9 Å². The Morgan fingerprint density at radius 3 is 2.09 bits per heavy atom. The molecule has 1 aliphatic heterocycles. The van der Waals surface area contributed by atoms with Crippen molar-refractivity contribution in [1.82, 2.24) is 9.78 Å². The lowest BCUT2D eigenvalue weighted by atomic mass is 9.97. The lowest BCUT2D eigenvalue weighted by Gasteiger charge is -2.42. The van der Waals surface area contributed by atoms with E-state index in [-0.39, 0.29) is 11.4 Å². The first kappa shape index (κ1) is 32.5. The van der Waals surface area contributed by atoms with Crippen LogP contribution in [0.4, 0.5) is 0 Å². The molecule has 4 rings (SSSR count). The topological polar surface area (TPSA) is 151 Å². The number of aromatic nitrogens is 3. The number of esters is 4. The summed E-state index contributed by atoms with van der Waals surface area (Å²) in [7, 11) is 0. The highest BCUT2D eigenvalue weighted by Gasteiger charge is 2.55. The number of carbonyl (C=O) groups is 4. The molecule has 0 saturated carbocycles. The summed E-state index contributed by atoms with van der Waals surface area (Å²) in [5.74, 6) is -2.43. The standard InChI is InChI=1S/C29H29ClN4O9S/c1-16(35)39-15-23-24(40-17(2)36)25(41-18(3)37)26(42-19(4)38)28(43-23)34-29(44)33(27(32-34)21-8-6-5-7-9-21)31-14-20-10-12-22(30)13-11-20/h5-14,23-26,28H,15H2,1-4H3/p+1/b31-14+/t23-,24-,25+,26-,28-/m1/s1. The monoisotopic (exact) mass is 645 g/mol. The van der Waals surface area contributed by atoms with Gasteiger partial charge in [0.15, 0.2) is 12.2 Å². The molecule has 13 nitrogen and oxygen atoms in total. The number of halogens is 1. The summed E-state index contributed by atoms with van der Waals surface area (Å²) in [6.45, 7) is 4.27. The Bertz CT molecular complexity index is 1610. The fraction of sp³-hybridized carbons (Fsp3) is 0.345. The van der Waals surface area contributed by atoms with Crippen LogP contribution >= 0.6 is 23.8 Å². The van der Waals surface area contributed by atoms with Crippen molar-refractivity contribution in [2.75, 3.05) is 6.61 Å². The molecule has 2 aromatic carbocycles. The minimum Gasteiger partial charge on any atom is -0.463 e. The third-order valence-corrected chi connectivity index (χ3v) is 6.91. The first-order chi connectivity index (χ1) is 20.9. The van der Waals surface area contributed by atoms with E-state index in [1.807, 2.05) is 30.3 Å². The molecule has 1 fully saturated rings. The van der Waals surface area contributed by atoms with E-state index in [4.69, 9.17) is 47.5 Å². The van der Waals surface area contributed by atoms with Gasteiger partial charge < -0.3 is 23.7 Å². The second-order valence-electron chi connectivity index (χ2n) is 9.68. The van der Waals surface area contributed by atoms with E-state index in [2.05, 4.69) is 10.2 Å². The Labute approximate surface area is 262 Å². The normalized spacial score (nSPS) is 21.4. The highest BCUT2D eigenvalue weighted by atomic mass is 35.5. The molecule has 1 aromatic heterocycles. The largest absolute Gasteiger partial charge is 0.463 e. The molecule has 15 heteroatoms. The quantitative estimate of drug-likeness (QED) is 0.121. The van der Waals surface area contributed by atoms with Gasteiger partial charge in [-0.15, -0.1) is 5.10 Å². The molecule has 5 atom stereocenters. The van der Waals surface area contributed by atoms with Crippen LogP contribution in [0.15, 0.2) is 59.7 Å². The molecular weight excluding hydrogens is 616 g/mol. The molecule has 1 saturated heterocycles. The van der Waals surface area contributed by atoms with E-state index in [9.17, 15) is 19.2 Å². The van der Waals surface area contributed by atoms with E-state index in [0.717, 1.165) is 26.3 Å². The van der Waals surface area contributed by atoms with Gasteiger partial charge in [-0.1, -0.05) is 51.3 Å². The van der Waals surface area contributed by atoms with Gasteiger partial charge >= 0.3 is 28.6 Å². The zero-order valence-corrected chi connectivity index (χ0v) is 25.7. The number of hydrogen-bond acceptors (Lipinski definition) is 11. The molecule has 0 amide bonds. The van der Waals surface area contributed by atoms with Crippen molar-refractivity contribution in [3.05, 3.63) is 70.0 Å². The van der Waals surface area contributed by atoms with Crippen LogP contribution in [0.25, 0.3) is 11.4 Å². The third-order valence-electron chi connectivity index (χ3n) is 6.29. The van der Waals surface area contributed by atoms with E-state index < -0.39 is 54.5 Å². The van der Waals surface area contributed by atoms with Crippen molar-refractivity contribution >= 4 is 53.9 Å². The molecule has 3 aromatic rings. The van der Waals surface area contributed by atoms with Gasteiger partial charge in [-0.25, -0.2) is 0 Å². The number of H-pyrrole nitrogens is 1. The lowest BCUT2D eigenvalue weighted by Crippen LogP contribution is -2.60. The fourth-order valence-electron chi connectivity index (χ4n) is 4.56. The van der Waals surface area contributed by atoms with E-state index in [1.54, 1.807) is 30.5 Å². The Morgan fingerprint density at radius 1 is 0.909 bits per heavy atom. The molecule has 0 spiro atoms. The molecular formula is C29H30ClN4O9S+. The fourth-order valence-corrected chi connectivity index (χ4v) is 4.97. The van der Waals surface area contributed by atoms with Crippen LogP contribution in [0, 0.1) is 4.77 Å². The van der Waals surface area contributed by atoms with Gasteiger partial charge in [0.25, 0.3) is 12.1 Å². The SMILES string of the molecule is CC(=O)OC[C@H]1O[C@@H](n2[nH]c(-c3ccccc3)[n+](/N=C/c3ccc(Cl)cc3)c2=S)[C@H](OC(C)=O)[C@@H](OC(C)=O)[C@@H]1OC(C)=O. The summed E-state index contributed by atoms with van der Waals surface area (Å²) in [5, 5.41) is 8.32. The van der Waals surface area contributed by atoms with Crippen LogP contribution in [0.3, 0.4) is 0 Å². The molecule has 0 aliphatic carbocycles. The molecule has 44 heavy (non-hydrogen) atoms. The molecule has 1 N–H and O–H groups in total. The molecule has 1 aliphatic rings. The summed E-state index contributed by atoms with van der Waals surface area (Å²) < 4.78 is 31.0. The zero-order chi connectivity index (χ0) is 32.0. The average molecular weight is 646 g/mol. The minimum atomic E-state index is -1.38. The van der Waals surface area contributed by atoms with Crippen LogP contribution in [-0.4, -0.2) is 70.9 Å². The van der Waals surface area contributed by atoms with Crippen molar-refractivity contribution < 1.29 is 47.5 Å². The molecule has 232 valence electrons. The number of hydrogen-bond donors (Lipinski definition) is 1. The van der Waals surface area contributed by atoms with Crippen molar-refractivity contribution in [3.8, 4) is 11.4 Å². The van der Waals surface area contributed by atoms with Gasteiger partial charge in [-0.05, 0) is 29.8 Å². The Kier molecular flexibility index (Phi) is 10.6. The minimum absolute atomic E-state index is 0.0648. The summed E-state index contributed by atoms with van der Waals surface area (Å²) in [6.07, 6.45) is -4.96. The smallest absolute Gasteiger partial charge is 0.353 e. The first-order valence-corrected chi connectivity index (χ1v) is 14.2. The third kappa shape index (κ3) is 7.95. The molecule has 0 bridgehead atoms. The van der Waals surface area contributed by atoms with Gasteiger partial charge in [-0.3, -0.25) is 19.2 Å². The predicted octanol–water partition coefficient (Wildman–Crippen LogP) is 3.29. The van der Waals surface area contributed by atoms with Gasteiger partial charge in [0.05, 0.1) is 11.8 Å². The summed E-state index contributed by atoms with van der Waals surface area (Å²) in [6, 6.07) is 16.1. The number of aromatic amines is 1. The second kappa shape index (κ2) is 14.4. The summed E-state index contributed by atoms with van der Waals surface area (Å²) in [5.41, 5.74) is 1.42. The highest BCUT2D eigenvalue weighted by Crippen LogP contribution is 2.35. The van der Waals surface area contributed by atoms with Gasteiger partial charge in [0.1, 0.15) is 12.7 Å². The van der Waals surface area contributed by atoms with E-state index >= 15 is 0 Å². The number of rotatable bonds is 9. The predicted molar refractivity (Wildman–Crippen MR) is 157 cm³/mol. The van der Waals surface area contributed by atoms with Crippen LogP contribution < -0.4 is 4.68 Å². The number of nitrogens with one attached hydrogen (secondary N) is 1. The Hall–Kier alpha value is -4.40. The maximum absolute atomic E-state index is 12.3. The van der Waals surface area contributed by atoms with Gasteiger partial charge in [0, 0.05) is 44.9 Å². The zero-order valence-electron chi connectivity index (χ0n) is 24.2. The Balaban J connectivity index is 1.89. The highest BCUT2D eigenvalue weighted by molar-refractivity contribution is 7.71. The van der Waals surface area contributed by atoms with E-state index in [1.165, 1.54) is 16.3 Å². The maximum Gasteiger partial charge on any atom is 0.353 e. The number of nitrogens with zero attached hydrogens (tertiary/aromatic N) is 3. The van der Waals surface area contributed by atoms with Crippen molar-refractivity contribution in [2.45, 2.75) is 58.3 Å². The maximum atomic E-state index is 12.3. The lowest BCUT2D eigenvalue weighted by molar-refractivity contribution is -0.675. The van der Waals surface area contributed by atoms with Crippen LogP contribution in [0.2, 0.25) is 5.02 Å². The first-order valence-electron chi connectivity index (χ1n) is 13.4. The molecule has 2 heterocycles. The second-order valence-corrected chi connectivity index (χ2v) is 10.5. The molecule has 0 radical (unpaired) electrons. The molecule has 0 unspecified atom stereocenters. The number of carbonyl (C=O) groups excluding carboxylic acids is 4. The number of ether oxygens (including phenoxy) is 5. The van der Waals surface area contributed by atoms with Crippen LogP contribution in [0.1, 0.15) is 39.5 Å². The average Bonchev–Trinajstić information content (AvgIpc) is 3.29. The summed E-state index contributed by atoms with van der Waals surface area (Å²) in [4.78, 5) is 48.4. The number of benzene rings is 2. The van der Waals surface area contributed by atoms with Crippen molar-refractivity contribution in [1.29, 1.82) is 0 Å². The van der Waals surface area contributed by atoms with Gasteiger partial charge in [-0.2, -0.15) is 5.10 Å². The van der Waals surface area contributed by atoms with Gasteiger partial charge in [0.2, 0.25) is 6.10 Å².